The van der Waals surface area contributed by atoms with Gasteiger partial charge in [-0.1, -0.05) is 25.1 Å². The molecule has 1 heterocycles. The number of amides is 2. The molecule has 0 bridgehead atoms. The fraction of sp³-hybridized carbons (Fsp3) is 0.250. The molecule has 2 aromatic carbocycles. The summed E-state index contributed by atoms with van der Waals surface area (Å²) in [6.07, 6.45) is 2.32. The van der Waals surface area contributed by atoms with E-state index >= 15 is 0 Å². The van der Waals surface area contributed by atoms with E-state index in [9.17, 15) is 14.4 Å². The Kier molecular flexibility index (Phi) is 7.78. The first-order valence-corrected chi connectivity index (χ1v) is 10.8. The number of nitrogens with zero attached hydrogens (tertiary/aromatic N) is 1. The summed E-state index contributed by atoms with van der Waals surface area (Å²) in [7, 11) is 1.27. The molecule has 33 heavy (non-hydrogen) atoms. The fourth-order valence-corrected chi connectivity index (χ4v) is 3.42. The maximum Gasteiger partial charge on any atom is 0.343 e. The van der Waals surface area contributed by atoms with Crippen LogP contribution in [0.4, 0.5) is 5.69 Å². The number of carbonyl (C=O) groups excluding carboxylic acids is 3. The lowest BCUT2D eigenvalue weighted by molar-refractivity contribution is -0.143. The van der Waals surface area contributed by atoms with Crippen molar-refractivity contribution in [2.45, 2.75) is 20.3 Å². The monoisotopic (exact) mass is 468 g/mol. The van der Waals surface area contributed by atoms with E-state index in [0.717, 1.165) is 12.0 Å². The molecule has 0 atom stereocenters. The molecule has 0 aliphatic carbocycles. The van der Waals surface area contributed by atoms with Gasteiger partial charge in [-0.15, -0.1) is 0 Å². The number of rotatable bonds is 8. The minimum Gasteiger partial charge on any atom is -0.490 e. The van der Waals surface area contributed by atoms with Crippen molar-refractivity contribution in [2.75, 3.05) is 25.2 Å². The van der Waals surface area contributed by atoms with Gasteiger partial charge in [0.05, 0.1) is 19.4 Å². The third-order valence-electron chi connectivity index (χ3n) is 4.86. The number of ether oxygens (including phenoxy) is 3. The minimum atomic E-state index is -0.588. The van der Waals surface area contributed by atoms with Crippen molar-refractivity contribution in [3.8, 4) is 11.5 Å². The van der Waals surface area contributed by atoms with E-state index in [1.54, 1.807) is 37.3 Å². The van der Waals surface area contributed by atoms with Crippen LogP contribution in [0.2, 0.25) is 0 Å². The molecule has 9 heteroatoms. The first-order chi connectivity index (χ1) is 15.9. The van der Waals surface area contributed by atoms with E-state index in [1.165, 1.54) is 18.1 Å². The topological polar surface area (TPSA) is 94.2 Å². The molecule has 1 aliphatic rings. The molecule has 1 aliphatic heterocycles. The van der Waals surface area contributed by atoms with E-state index in [2.05, 4.69) is 10.1 Å². The summed E-state index contributed by atoms with van der Waals surface area (Å²) in [6.45, 7) is 3.91. The molecule has 0 aromatic heterocycles. The van der Waals surface area contributed by atoms with Gasteiger partial charge < -0.3 is 14.2 Å². The van der Waals surface area contributed by atoms with Crippen LogP contribution in [0.3, 0.4) is 0 Å². The van der Waals surface area contributed by atoms with Gasteiger partial charge in [-0.2, -0.15) is 0 Å². The summed E-state index contributed by atoms with van der Waals surface area (Å²) in [5.74, 6) is -0.951. The van der Waals surface area contributed by atoms with Crippen LogP contribution in [0.1, 0.15) is 25.0 Å². The fourth-order valence-electron chi connectivity index (χ4n) is 3.14. The molecule has 0 radical (unpaired) electrons. The lowest BCUT2D eigenvalue weighted by Gasteiger charge is -2.29. The number of carbonyl (C=O) groups is 3. The van der Waals surface area contributed by atoms with Crippen molar-refractivity contribution in [1.29, 1.82) is 0 Å². The van der Waals surface area contributed by atoms with Gasteiger partial charge in [0.2, 0.25) is 0 Å². The third-order valence-corrected chi connectivity index (χ3v) is 5.14. The Morgan fingerprint density at radius 1 is 1.06 bits per heavy atom. The number of thiocarbonyl (C=S) groups is 1. The smallest absolute Gasteiger partial charge is 0.343 e. The molecule has 1 N–H and O–H groups in total. The van der Waals surface area contributed by atoms with Crippen molar-refractivity contribution in [3.63, 3.8) is 0 Å². The van der Waals surface area contributed by atoms with Crippen LogP contribution in [0, 0.1) is 0 Å². The first-order valence-electron chi connectivity index (χ1n) is 10.3. The molecule has 2 amide bonds. The molecular weight excluding hydrogens is 444 g/mol. The standard InChI is InChI=1S/C24H24N2O6S/c1-4-15-6-9-17(10-7-15)26-23(29)18(22(28)25-24(26)33)12-16-8-11-19(20(13-16)31-5-2)32-14-21(27)30-3/h6-13H,4-5,14H2,1-3H3,(H,25,28,33)/b18-12+. The molecule has 3 rings (SSSR count). The van der Waals surface area contributed by atoms with E-state index < -0.39 is 17.8 Å². The second-order valence-electron chi connectivity index (χ2n) is 6.98. The predicted molar refractivity (Wildman–Crippen MR) is 127 cm³/mol. The predicted octanol–water partition coefficient (Wildman–Crippen LogP) is 3.03. The number of esters is 1. The minimum absolute atomic E-state index is 0.0213. The van der Waals surface area contributed by atoms with Gasteiger partial charge >= 0.3 is 5.97 Å². The Bertz CT molecular complexity index is 1110. The lowest BCUT2D eigenvalue weighted by Crippen LogP contribution is -2.54. The van der Waals surface area contributed by atoms with Crippen molar-refractivity contribution in [2.24, 2.45) is 0 Å². The average molecular weight is 469 g/mol. The second-order valence-corrected chi connectivity index (χ2v) is 7.37. The van der Waals surface area contributed by atoms with Crippen molar-refractivity contribution < 1.29 is 28.6 Å². The highest BCUT2D eigenvalue weighted by molar-refractivity contribution is 7.80. The van der Waals surface area contributed by atoms with Crippen LogP contribution in [-0.2, 0) is 25.5 Å². The van der Waals surface area contributed by atoms with Gasteiger partial charge in [0.25, 0.3) is 11.8 Å². The zero-order chi connectivity index (χ0) is 24.0. The zero-order valence-corrected chi connectivity index (χ0v) is 19.4. The Morgan fingerprint density at radius 3 is 2.42 bits per heavy atom. The maximum atomic E-state index is 13.2. The van der Waals surface area contributed by atoms with Crippen LogP contribution >= 0.6 is 12.2 Å². The molecule has 0 spiro atoms. The van der Waals surface area contributed by atoms with Gasteiger partial charge in [-0.3, -0.25) is 19.8 Å². The number of benzene rings is 2. The Balaban J connectivity index is 1.91. The zero-order valence-electron chi connectivity index (χ0n) is 18.5. The number of anilines is 1. The van der Waals surface area contributed by atoms with E-state index in [1.807, 2.05) is 19.1 Å². The van der Waals surface area contributed by atoms with Crippen molar-refractivity contribution >= 4 is 46.9 Å². The summed E-state index contributed by atoms with van der Waals surface area (Å²) in [4.78, 5) is 38.4. The Morgan fingerprint density at radius 2 is 1.79 bits per heavy atom. The van der Waals surface area contributed by atoms with Crippen LogP contribution < -0.4 is 19.7 Å². The molecule has 1 fully saturated rings. The highest BCUT2D eigenvalue weighted by Crippen LogP contribution is 2.30. The summed E-state index contributed by atoms with van der Waals surface area (Å²) in [5, 5.41) is 2.59. The number of nitrogens with one attached hydrogen (secondary N) is 1. The molecule has 1 saturated heterocycles. The molecule has 172 valence electrons. The van der Waals surface area contributed by atoms with Crippen molar-refractivity contribution in [1.82, 2.24) is 5.32 Å². The Hall–Kier alpha value is -3.72. The van der Waals surface area contributed by atoms with Crippen LogP contribution in [0.15, 0.2) is 48.0 Å². The van der Waals surface area contributed by atoms with E-state index in [4.69, 9.17) is 21.7 Å². The van der Waals surface area contributed by atoms with Gasteiger partial charge in [-0.05, 0) is 67.0 Å². The third kappa shape index (κ3) is 5.56. The van der Waals surface area contributed by atoms with Gasteiger partial charge in [0, 0.05) is 0 Å². The molecule has 0 unspecified atom stereocenters. The van der Waals surface area contributed by atoms with Crippen LogP contribution in [-0.4, -0.2) is 43.2 Å². The number of hydrogen-bond donors (Lipinski definition) is 1. The van der Waals surface area contributed by atoms with Gasteiger partial charge in [-0.25, -0.2) is 4.79 Å². The summed E-state index contributed by atoms with van der Waals surface area (Å²) < 4.78 is 15.6. The average Bonchev–Trinajstić information content (AvgIpc) is 2.81. The number of methoxy groups -OCH3 is 1. The number of hydrogen-bond acceptors (Lipinski definition) is 7. The van der Waals surface area contributed by atoms with Gasteiger partial charge in [0.15, 0.2) is 23.2 Å². The Labute approximate surface area is 197 Å². The SMILES string of the molecule is CCOc1cc(/C=C2\C(=O)NC(=S)N(c3ccc(CC)cc3)C2=O)ccc1OCC(=O)OC. The van der Waals surface area contributed by atoms with E-state index in [-0.39, 0.29) is 17.3 Å². The summed E-state index contributed by atoms with van der Waals surface area (Å²) >= 11 is 5.25. The van der Waals surface area contributed by atoms with Crippen LogP contribution in [0.25, 0.3) is 6.08 Å². The molecule has 2 aromatic rings. The molecular formula is C24H24N2O6S. The quantitative estimate of drug-likeness (QED) is 0.275. The highest BCUT2D eigenvalue weighted by Gasteiger charge is 2.34. The summed E-state index contributed by atoms with van der Waals surface area (Å²) in [6, 6.07) is 12.3. The normalized spacial score (nSPS) is 14.8. The van der Waals surface area contributed by atoms with Crippen molar-refractivity contribution in [3.05, 3.63) is 59.2 Å². The lowest BCUT2D eigenvalue weighted by atomic mass is 10.1. The maximum absolute atomic E-state index is 13.2. The van der Waals surface area contributed by atoms with Gasteiger partial charge in [0.1, 0.15) is 5.57 Å². The molecule has 0 saturated carbocycles. The number of aryl methyl sites for hydroxylation is 1. The largest absolute Gasteiger partial charge is 0.490 e. The van der Waals surface area contributed by atoms with E-state index in [0.29, 0.717) is 29.4 Å². The first kappa shape index (κ1) is 23.9. The second kappa shape index (κ2) is 10.7. The highest BCUT2D eigenvalue weighted by atomic mass is 32.1. The molecule has 8 nitrogen and oxygen atoms in total. The summed E-state index contributed by atoms with van der Waals surface area (Å²) in [5.41, 5.74) is 2.15. The van der Waals surface area contributed by atoms with Crippen LogP contribution in [0.5, 0.6) is 11.5 Å².